The predicted octanol–water partition coefficient (Wildman–Crippen LogP) is 3.09. The molecular formula is C15H26O4. The number of methoxy groups -OCH3 is 1. The van der Waals surface area contributed by atoms with Crippen molar-refractivity contribution in [2.75, 3.05) is 13.7 Å². The Labute approximate surface area is 115 Å². The summed E-state index contributed by atoms with van der Waals surface area (Å²) in [4.78, 5) is 23.2. The first-order valence-electron chi connectivity index (χ1n) is 7.43. The number of esters is 2. The van der Waals surface area contributed by atoms with Gasteiger partial charge < -0.3 is 9.47 Å². The van der Waals surface area contributed by atoms with Gasteiger partial charge >= 0.3 is 11.9 Å². The number of carbonyl (C=O) groups is 2. The Hall–Kier alpha value is -1.06. The van der Waals surface area contributed by atoms with E-state index in [4.69, 9.17) is 9.47 Å². The van der Waals surface area contributed by atoms with Gasteiger partial charge in [-0.2, -0.15) is 0 Å². The summed E-state index contributed by atoms with van der Waals surface area (Å²) in [5.41, 5.74) is 0. The van der Waals surface area contributed by atoms with Crippen LogP contribution in [0.4, 0.5) is 0 Å². The second kappa shape index (κ2) is 8.94. The number of carbonyl (C=O) groups excluding carboxylic acids is 2. The molecule has 0 radical (unpaired) electrons. The van der Waals surface area contributed by atoms with Crippen LogP contribution in [0.25, 0.3) is 0 Å². The highest BCUT2D eigenvalue weighted by Crippen LogP contribution is 2.30. The van der Waals surface area contributed by atoms with Gasteiger partial charge in [-0.15, -0.1) is 0 Å². The fourth-order valence-corrected chi connectivity index (χ4v) is 2.55. The number of ether oxygens (including phenoxy) is 2. The highest BCUT2D eigenvalue weighted by molar-refractivity contribution is 5.75. The second-order valence-corrected chi connectivity index (χ2v) is 5.30. The van der Waals surface area contributed by atoms with E-state index in [2.05, 4.69) is 6.92 Å². The van der Waals surface area contributed by atoms with Crippen molar-refractivity contribution in [2.45, 2.75) is 58.3 Å². The zero-order valence-electron chi connectivity index (χ0n) is 12.2. The monoisotopic (exact) mass is 270 g/mol. The highest BCUT2D eigenvalue weighted by Gasteiger charge is 2.31. The summed E-state index contributed by atoms with van der Waals surface area (Å²) in [5.74, 6) is -0.281. The van der Waals surface area contributed by atoms with E-state index < -0.39 is 0 Å². The molecule has 4 heteroatoms. The van der Waals surface area contributed by atoms with E-state index in [-0.39, 0.29) is 23.8 Å². The molecule has 0 unspecified atom stereocenters. The summed E-state index contributed by atoms with van der Waals surface area (Å²) in [6, 6.07) is 0. The lowest BCUT2D eigenvalue weighted by molar-refractivity contribution is -0.153. The minimum Gasteiger partial charge on any atom is -0.469 e. The quantitative estimate of drug-likeness (QED) is 0.527. The molecule has 0 spiro atoms. The van der Waals surface area contributed by atoms with Gasteiger partial charge in [-0.25, -0.2) is 0 Å². The maximum atomic E-state index is 11.8. The molecule has 1 fully saturated rings. The maximum absolute atomic E-state index is 11.8. The first kappa shape index (κ1) is 16.0. The van der Waals surface area contributed by atoms with Crippen molar-refractivity contribution < 1.29 is 19.1 Å². The summed E-state index contributed by atoms with van der Waals surface area (Å²) in [5, 5.41) is 0. The third-order valence-corrected chi connectivity index (χ3v) is 3.84. The molecule has 19 heavy (non-hydrogen) atoms. The minimum atomic E-state index is -0.147. The van der Waals surface area contributed by atoms with Crippen molar-refractivity contribution >= 4 is 11.9 Å². The van der Waals surface area contributed by atoms with Crippen molar-refractivity contribution in [1.82, 2.24) is 0 Å². The standard InChI is InChI=1S/C15H26O4/c1-3-4-5-6-11-19-15(17)13-9-7-12(8-10-13)14(16)18-2/h12-13H,3-11H2,1-2H3. The van der Waals surface area contributed by atoms with Crippen molar-refractivity contribution in [3.05, 3.63) is 0 Å². The van der Waals surface area contributed by atoms with Gasteiger partial charge in [0.15, 0.2) is 0 Å². The van der Waals surface area contributed by atoms with Crippen LogP contribution in [0, 0.1) is 11.8 Å². The Morgan fingerprint density at radius 2 is 1.53 bits per heavy atom. The molecular weight excluding hydrogens is 244 g/mol. The molecule has 0 aromatic carbocycles. The van der Waals surface area contributed by atoms with Gasteiger partial charge in [0.1, 0.15) is 0 Å². The number of unbranched alkanes of at least 4 members (excludes halogenated alkanes) is 3. The SMILES string of the molecule is CCCCCCOC(=O)C1CCC(C(=O)OC)CC1. The lowest BCUT2D eigenvalue weighted by Gasteiger charge is -2.25. The second-order valence-electron chi connectivity index (χ2n) is 5.30. The molecule has 0 saturated heterocycles. The Balaban J connectivity index is 2.16. The van der Waals surface area contributed by atoms with Crippen LogP contribution in [0.1, 0.15) is 58.3 Å². The Bertz CT molecular complexity index is 280. The lowest BCUT2D eigenvalue weighted by Crippen LogP contribution is -2.28. The van der Waals surface area contributed by atoms with E-state index in [0.717, 1.165) is 38.5 Å². The summed E-state index contributed by atoms with van der Waals surface area (Å²) in [7, 11) is 1.42. The van der Waals surface area contributed by atoms with Gasteiger partial charge in [-0.05, 0) is 32.1 Å². The fourth-order valence-electron chi connectivity index (χ4n) is 2.55. The van der Waals surface area contributed by atoms with Crippen molar-refractivity contribution in [1.29, 1.82) is 0 Å². The molecule has 4 nitrogen and oxygen atoms in total. The van der Waals surface area contributed by atoms with Gasteiger partial charge in [0.25, 0.3) is 0 Å². The van der Waals surface area contributed by atoms with Crippen LogP contribution in [-0.2, 0) is 19.1 Å². The topological polar surface area (TPSA) is 52.6 Å². The molecule has 0 aromatic heterocycles. The molecule has 1 rings (SSSR count). The molecule has 0 aliphatic heterocycles. The third kappa shape index (κ3) is 5.62. The van der Waals surface area contributed by atoms with Crippen LogP contribution in [0.5, 0.6) is 0 Å². The van der Waals surface area contributed by atoms with Gasteiger partial charge in [0.2, 0.25) is 0 Å². The van der Waals surface area contributed by atoms with E-state index in [1.165, 1.54) is 20.0 Å². The van der Waals surface area contributed by atoms with E-state index >= 15 is 0 Å². The van der Waals surface area contributed by atoms with Gasteiger partial charge in [0.05, 0.1) is 25.6 Å². The molecule has 0 aromatic rings. The Kier molecular flexibility index (Phi) is 7.53. The van der Waals surface area contributed by atoms with Crippen molar-refractivity contribution in [3.8, 4) is 0 Å². The van der Waals surface area contributed by atoms with Crippen molar-refractivity contribution in [3.63, 3.8) is 0 Å². The first-order chi connectivity index (χ1) is 9.19. The minimum absolute atomic E-state index is 0.0212. The van der Waals surface area contributed by atoms with E-state index in [9.17, 15) is 9.59 Å². The van der Waals surface area contributed by atoms with Gasteiger partial charge in [-0.1, -0.05) is 26.2 Å². The van der Waals surface area contributed by atoms with E-state index in [1.54, 1.807) is 0 Å². The summed E-state index contributed by atoms with van der Waals surface area (Å²) >= 11 is 0. The summed E-state index contributed by atoms with van der Waals surface area (Å²) in [6.45, 7) is 2.70. The molecule has 0 heterocycles. The molecule has 110 valence electrons. The summed E-state index contributed by atoms with van der Waals surface area (Å²) < 4.78 is 10.0. The third-order valence-electron chi connectivity index (χ3n) is 3.84. The zero-order chi connectivity index (χ0) is 14.1. The van der Waals surface area contributed by atoms with E-state index in [0.29, 0.717) is 6.61 Å². The Morgan fingerprint density at radius 1 is 0.947 bits per heavy atom. The molecule has 0 bridgehead atoms. The number of rotatable bonds is 7. The molecule has 1 saturated carbocycles. The average Bonchev–Trinajstić information content (AvgIpc) is 2.46. The van der Waals surface area contributed by atoms with Crippen LogP contribution in [0.15, 0.2) is 0 Å². The van der Waals surface area contributed by atoms with Crippen LogP contribution in [-0.4, -0.2) is 25.7 Å². The lowest BCUT2D eigenvalue weighted by atomic mass is 9.82. The van der Waals surface area contributed by atoms with E-state index in [1.807, 2.05) is 0 Å². The highest BCUT2D eigenvalue weighted by atomic mass is 16.5. The van der Waals surface area contributed by atoms with Crippen molar-refractivity contribution in [2.24, 2.45) is 11.8 Å². The molecule has 0 N–H and O–H groups in total. The summed E-state index contributed by atoms with van der Waals surface area (Å²) in [6.07, 6.45) is 7.43. The van der Waals surface area contributed by atoms with Crippen LogP contribution < -0.4 is 0 Å². The first-order valence-corrected chi connectivity index (χ1v) is 7.43. The van der Waals surface area contributed by atoms with Gasteiger partial charge in [0, 0.05) is 0 Å². The number of hydrogen-bond acceptors (Lipinski definition) is 4. The molecule has 1 aliphatic carbocycles. The smallest absolute Gasteiger partial charge is 0.308 e. The Morgan fingerprint density at radius 3 is 2.05 bits per heavy atom. The van der Waals surface area contributed by atoms with Crippen LogP contribution in [0.3, 0.4) is 0 Å². The zero-order valence-corrected chi connectivity index (χ0v) is 12.2. The number of hydrogen-bond donors (Lipinski definition) is 0. The molecule has 0 amide bonds. The van der Waals surface area contributed by atoms with Crippen LogP contribution in [0.2, 0.25) is 0 Å². The normalized spacial score (nSPS) is 22.8. The largest absolute Gasteiger partial charge is 0.469 e. The maximum Gasteiger partial charge on any atom is 0.308 e. The average molecular weight is 270 g/mol. The van der Waals surface area contributed by atoms with Crippen LogP contribution >= 0.6 is 0 Å². The predicted molar refractivity (Wildman–Crippen MR) is 72.6 cm³/mol. The molecule has 0 atom stereocenters. The molecule has 1 aliphatic rings. The fraction of sp³-hybridized carbons (Fsp3) is 0.867. The van der Waals surface area contributed by atoms with Gasteiger partial charge in [-0.3, -0.25) is 9.59 Å².